The molecular weight excluding hydrogens is 300 g/mol. The second-order valence-electron chi connectivity index (χ2n) is 4.59. The van der Waals surface area contributed by atoms with Gasteiger partial charge in [0.15, 0.2) is 5.78 Å². The summed E-state index contributed by atoms with van der Waals surface area (Å²) in [4.78, 5) is 36.1. The van der Waals surface area contributed by atoms with Crippen LogP contribution >= 0.6 is 15.9 Å². The van der Waals surface area contributed by atoms with Crippen LogP contribution in [0.2, 0.25) is 0 Å². The summed E-state index contributed by atoms with van der Waals surface area (Å²) >= 11 is 3.07. The average Bonchev–Trinajstić information content (AvgIpc) is 2.68. The zero-order chi connectivity index (χ0) is 13.7. The number of rotatable bonds is 6. The van der Waals surface area contributed by atoms with E-state index in [0.29, 0.717) is 25.9 Å². The first kappa shape index (κ1) is 15.1. The summed E-state index contributed by atoms with van der Waals surface area (Å²) in [5, 5.41) is 3.02. The Morgan fingerprint density at radius 1 is 1.56 bits per heavy atom. The number of Topliss-reactive ketones (excluding diaryl/α,β-unsaturated/α-hetero) is 1. The zero-order valence-corrected chi connectivity index (χ0v) is 12.3. The maximum atomic E-state index is 11.9. The lowest BCUT2D eigenvalue weighted by Crippen LogP contribution is -2.41. The number of amides is 2. The first-order valence-corrected chi connectivity index (χ1v) is 7.24. The molecule has 1 saturated heterocycles. The van der Waals surface area contributed by atoms with E-state index in [9.17, 15) is 14.4 Å². The van der Waals surface area contributed by atoms with E-state index >= 15 is 0 Å². The van der Waals surface area contributed by atoms with Crippen LogP contribution in [0.15, 0.2) is 0 Å². The first-order valence-electron chi connectivity index (χ1n) is 6.12. The van der Waals surface area contributed by atoms with Gasteiger partial charge >= 0.3 is 0 Å². The van der Waals surface area contributed by atoms with E-state index in [2.05, 4.69) is 21.2 Å². The molecule has 2 atom stereocenters. The van der Waals surface area contributed by atoms with Gasteiger partial charge in [-0.15, -0.1) is 0 Å². The standard InChI is InChI=1S/C12H19BrN2O3/c1-3-10(8(2)16)15-7-9(4-12(15)18)6-14-11(17)5-13/h9-10H,3-7H2,1-2H3,(H,14,17)/t9?,10-/m0/s1. The van der Waals surface area contributed by atoms with Crippen LogP contribution in [0.4, 0.5) is 0 Å². The van der Waals surface area contributed by atoms with Gasteiger partial charge in [0, 0.05) is 25.4 Å². The SMILES string of the molecule is CC[C@@H](C(C)=O)N1CC(CNC(=O)CBr)CC1=O. The minimum atomic E-state index is -0.311. The summed E-state index contributed by atoms with van der Waals surface area (Å²) in [5.41, 5.74) is 0. The molecule has 0 spiro atoms. The van der Waals surface area contributed by atoms with Gasteiger partial charge in [0.05, 0.1) is 11.4 Å². The normalized spacial score (nSPS) is 20.9. The molecule has 1 rings (SSSR count). The van der Waals surface area contributed by atoms with Crippen molar-refractivity contribution in [3.05, 3.63) is 0 Å². The molecule has 1 heterocycles. The second kappa shape index (κ2) is 6.87. The van der Waals surface area contributed by atoms with Crippen molar-refractivity contribution >= 4 is 33.5 Å². The van der Waals surface area contributed by atoms with Crippen molar-refractivity contribution in [3.63, 3.8) is 0 Å². The first-order chi connectivity index (χ1) is 8.49. The molecule has 0 aliphatic carbocycles. The second-order valence-corrected chi connectivity index (χ2v) is 5.15. The molecule has 6 heteroatoms. The van der Waals surface area contributed by atoms with Crippen molar-refractivity contribution in [2.75, 3.05) is 18.4 Å². The van der Waals surface area contributed by atoms with Crippen LogP contribution in [-0.4, -0.2) is 47.0 Å². The Kier molecular flexibility index (Phi) is 5.78. The average molecular weight is 319 g/mol. The lowest BCUT2D eigenvalue weighted by atomic mass is 10.1. The Morgan fingerprint density at radius 2 is 2.22 bits per heavy atom. The smallest absolute Gasteiger partial charge is 0.230 e. The van der Waals surface area contributed by atoms with Crippen molar-refractivity contribution in [3.8, 4) is 0 Å². The fraction of sp³-hybridized carbons (Fsp3) is 0.750. The molecule has 0 radical (unpaired) electrons. The highest BCUT2D eigenvalue weighted by molar-refractivity contribution is 9.09. The Balaban J connectivity index is 2.53. The van der Waals surface area contributed by atoms with Crippen molar-refractivity contribution < 1.29 is 14.4 Å². The lowest BCUT2D eigenvalue weighted by Gasteiger charge is -2.25. The van der Waals surface area contributed by atoms with Crippen LogP contribution in [0.3, 0.4) is 0 Å². The highest BCUT2D eigenvalue weighted by Gasteiger charge is 2.35. The minimum absolute atomic E-state index is 0.00939. The highest BCUT2D eigenvalue weighted by Crippen LogP contribution is 2.21. The summed E-state index contributed by atoms with van der Waals surface area (Å²) in [7, 11) is 0. The van der Waals surface area contributed by atoms with E-state index in [4.69, 9.17) is 0 Å². The Labute approximate surface area is 115 Å². The molecule has 1 aliphatic rings. The van der Waals surface area contributed by atoms with Crippen LogP contribution in [0, 0.1) is 5.92 Å². The van der Waals surface area contributed by atoms with Crippen LogP contribution in [0.1, 0.15) is 26.7 Å². The van der Waals surface area contributed by atoms with Crippen molar-refractivity contribution in [2.24, 2.45) is 5.92 Å². The maximum absolute atomic E-state index is 11.9. The van der Waals surface area contributed by atoms with E-state index < -0.39 is 0 Å². The number of nitrogens with one attached hydrogen (secondary N) is 1. The van der Waals surface area contributed by atoms with Gasteiger partial charge in [-0.05, 0) is 13.3 Å². The van der Waals surface area contributed by atoms with Crippen LogP contribution in [0.5, 0.6) is 0 Å². The molecule has 0 saturated carbocycles. The van der Waals surface area contributed by atoms with Crippen molar-refractivity contribution in [1.82, 2.24) is 10.2 Å². The van der Waals surface area contributed by atoms with E-state index in [1.807, 2.05) is 6.92 Å². The fourth-order valence-corrected chi connectivity index (χ4v) is 2.48. The van der Waals surface area contributed by atoms with Gasteiger partial charge in [-0.2, -0.15) is 0 Å². The molecule has 1 fully saturated rings. The summed E-state index contributed by atoms with van der Waals surface area (Å²) in [6, 6.07) is -0.311. The monoisotopic (exact) mass is 318 g/mol. The fourth-order valence-electron chi connectivity index (χ4n) is 2.28. The Bertz CT molecular complexity index is 346. The number of halogens is 1. The van der Waals surface area contributed by atoms with Gasteiger partial charge < -0.3 is 10.2 Å². The van der Waals surface area contributed by atoms with E-state index in [-0.39, 0.29) is 34.9 Å². The predicted octanol–water partition coefficient (Wildman–Crippen LogP) is 0.714. The zero-order valence-electron chi connectivity index (χ0n) is 10.7. The molecule has 1 aliphatic heterocycles. The number of hydrogen-bond donors (Lipinski definition) is 1. The van der Waals surface area contributed by atoms with Gasteiger partial charge in [-0.1, -0.05) is 22.9 Å². The Morgan fingerprint density at radius 3 is 2.72 bits per heavy atom. The van der Waals surface area contributed by atoms with Gasteiger partial charge in [-0.25, -0.2) is 0 Å². The quantitative estimate of drug-likeness (QED) is 0.734. The van der Waals surface area contributed by atoms with E-state index in [1.165, 1.54) is 6.92 Å². The minimum Gasteiger partial charge on any atom is -0.355 e. The topological polar surface area (TPSA) is 66.5 Å². The Hall–Kier alpha value is -0.910. The van der Waals surface area contributed by atoms with Crippen molar-refractivity contribution in [2.45, 2.75) is 32.7 Å². The van der Waals surface area contributed by atoms with Gasteiger partial charge in [0.25, 0.3) is 0 Å². The summed E-state index contributed by atoms with van der Waals surface area (Å²) in [6.07, 6.45) is 1.05. The van der Waals surface area contributed by atoms with Gasteiger partial charge in [-0.3, -0.25) is 14.4 Å². The van der Waals surface area contributed by atoms with Crippen LogP contribution in [-0.2, 0) is 14.4 Å². The summed E-state index contributed by atoms with van der Waals surface area (Å²) in [6.45, 7) is 4.46. The number of hydrogen-bond acceptors (Lipinski definition) is 3. The molecule has 102 valence electrons. The molecule has 0 aromatic carbocycles. The molecule has 1 N–H and O–H groups in total. The number of likely N-dealkylation sites (tertiary alicyclic amines) is 1. The third-order valence-corrected chi connectivity index (χ3v) is 3.69. The predicted molar refractivity (Wildman–Crippen MR) is 71.4 cm³/mol. The molecule has 0 aromatic rings. The van der Waals surface area contributed by atoms with E-state index in [1.54, 1.807) is 4.90 Å². The number of carbonyl (C=O) groups is 3. The summed E-state index contributed by atoms with van der Waals surface area (Å²) in [5.74, 6) is 0.0551. The highest BCUT2D eigenvalue weighted by atomic mass is 79.9. The van der Waals surface area contributed by atoms with Crippen LogP contribution in [0.25, 0.3) is 0 Å². The summed E-state index contributed by atoms with van der Waals surface area (Å²) < 4.78 is 0. The van der Waals surface area contributed by atoms with E-state index in [0.717, 1.165) is 0 Å². The molecule has 5 nitrogen and oxygen atoms in total. The molecule has 1 unspecified atom stereocenters. The van der Waals surface area contributed by atoms with Crippen LogP contribution < -0.4 is 5.32 Å². The van der Waals surface area contributed by atoms with Gasteiger partial charge in [0.2, 0.25) is 11.8 Å². The maximum Gasteiger partial charge on any atom is 0.230 e. The molecule has 0 bridgehead atoms. The number of ketones is 1. The van der Waals surface area contributed by atoms with Crippen molar-refractivity contribution in [1.29, 1.82) is 0 Å². The largest absolute Gasteiger partial charge is 0.355 e. The third-order valence-electron chi connectivity index (χ3n) is 3.18. The number of alkyl halides is 1. The lowest BCUT2D eigenvalue weighted by molar-refractivity contribution is -0.135. The van der Waals surface area contributed by atoms with Gasteiger partial charge in [0.1, 0.15) is 0 Å². The molecule has 2 amide bonds. The number of nitrogens with zero attached hydrogens (tertiary/aromatic N) is 1. The molecular formula is C12H19BrN2O3. The molecule has 18 heavy (non-hydrogen) atoms. The third kappa shape index (κ3) is 3.80. The number of carbonyl (C=O) groups excluding carboxylic acids is 3. The molecule has 0 aromatic heterocycles.